The Morgan fingerprint density at radius 2 is 2.07 bits per heavy atom. The van der Waals surface area contributed by atoms with E-state index in [1.165, 1.54) is 4.88 Å². The van der Waals surface area contributed by atoms with Gasteiger partial charge < -0.3 is 5.32 Å². The van der Waals surface area contributed by atoms with Crippen molar-refractivity contribution in [3.8, 4) is 0 Å². The summed E-state index contributed by atoms with van der Waals surface area (Å²) >= 11 is 13.1. The molecule has 0 spiro atoms. The Balaban J connectivity index is 1.99. The predicted octanol–water partition coefficient (Wildman–Crippen LogP) is 4.06. The minimum atomic E-state index is 0.490. The minimum Gasteiger partial charge on any atom is -0.365 e. The monoisotopic (exact) mass is 258 g/mol. The summed E-state index contributed by atoms with van der Waals surface area (Å²) in [5, 5.41) is 3.66. The van der Waals surface area contributed by atoms with Crippen molar-refractivity contribution in [3.05, 3.63) is 44.7 Å². The van der Waals surface area contributed by atoms with Crippen molar-refractivity contribution in [1.29, 1.82) is 0 Å². The van der Waals surface area contributed by atoms with Crippen LogP contribution in [0.2, 0.25) is 9.49 Å². The Morgan fingerprint density at radius 1 is 1.20 bits per heavy atom. The maximum absolute atomic E-state index is 5.82. The lowest BCUT2D eigenvalue weighted by atomic mass is 10.4. The summed E-state index contributed by atoms with van der Waals surface area (Å²) in [6.07, 6.45) is 0. The highest BCUT2D eigenvalue weighted by Gasteiger charge is 1.99. The first-order valence-electron chi connectivity index (χ1n) is 4.35. The zero-order valence-electron chi connectivity index (χ0n) is 7.71. The Morgan fingerprint density at radius 3 is 2.73 bits per heavy atom. The van der Waals surface area contributed by atoms with Crippen LogP contribution in [0.25, 0.3) is 0 Å². The van der Waals surface area contributed by atoms with Crippen LogP contribution in [-0.4, -0.2) is 4.98 Å². The van der Waals surface area contributed by atoms with Crippen molar-refractivity contribution >= 4 is 40.4 Å². The van der Waals surface area contributed by atoms with E-state index in [0.717, 1.165) is 10.2 Å². The average molecular weight is 259 g/mol. The molecule has 2 aromatic rings. The number of thiophene rings is 1. The molecule has 0 unspecified atom stereocenters. The Bertz CT molecular complexity index is 456. The second-order valence-corrected chi connectivity index (χ2v) is 5.09. The lowest BCUT2D eigenvalue weighted by Gasteiger charge is -2.03. The van der Waals surface area contributed by atoms with E-state index in [9.17, 15) is 0 Å². The molecule has 2 heterocycles. The molecule has 0 amide bonds. The molecule has 0 saturated carbocycles. The van der Waals surface area contributed by atoms with Gasteiger partial charge in [-0.1, -0.05) is 29.3 Å². The van der Waals surface area contributed by atoms with Crippen molar-refractivity contribution < 1.29 is 0 Å². The van der Waals surface area contributed by atoms with Gasteiger partial charge in [-0.2, -0.15) is 0 Å². The first-order chi connectivity index (χ1) is 7.24. The Kier molecular flexibility index (Phi) is 3.46. The standard InChI is InChI=1S/C10H8Cl2N2S/c11-8-2-1-3-10(14-8)13-6-7-4-5-9(12)15-7/h1-5H,6H2,(H,13,14). The van der Waals surface area contributed by atoms with Gasteiger partial charge >= 0.3 is 0 Å². The molecule has 0 aliphatic carbocycles. The molecule has 0 fully saturated rings. The molecule has 1 N–H and O–H groups in total. The van der Waals surface area contributed by atoms with Gasteiger partial charge in [0.05, 0.1) is 10.9 Å². The number of rotatable bonds is 3. The first kappa shape index (κ1) is 10.7. The molecular formula is C10H8Cl2N2S. The molecule has 78 valence electrons. The van der Waals surface area contributed by atoms with Gasteiger partial charge in [-0.3, -0.25) is 0 Å². The van der Waals surface area contributed by atoms with E-state index in [4.69, 9.17) is 23.2 Å². The minimum absolute atomic E-state index is 0.490. The number of hydrogen-bond acceptors (Lipinski definition) is 3. The zero-order chi connectivity index (χ0) is 10.7. The van der Waals surface area contributed by atoms with E-state index in [1.54, 1.807) is 17.4 Å². The van der Waals surface area contributed by atoms with Crippen molar-refractivity contribution in [2.45, 2.75) is 6.54 Å². The van der Waals surface area contributed by atoms with Crippen LogP contribution in [0.4, 0.5) is 5.82 Å². The summed E-state index contributed by atoms with van der Waals surface area (Å²) in [6, 6.07) is 9.36. The van der Waals surface area contributed by atoms with Gasteiger partial charge in [-0.25, -0.2) is 4.98 Å². The van der Waals surface area contributed by atoms with Gasteiger partial charge in [0.25, 0.3) is 0 Å². The summed E-state index contributed by atoms with van der Waals surface area (Å²) < 4.78 is 0.797. The molecule has 0 aliphatic heterocycles. The van der Waals surface area contributed by atoms with E-state index >= 15 is 0 Å². The van der Waals surface area contributed by atoms with Crippen LogP contribution >= 0.6 is 34.5 Å². The Labute approximate surface area is 102 Å². The van der Waals surface area contributed by atoms with Gasteiger partial charge in [-0.15, -0.1) is 11.3 Å². The normalized spacial score (nSPS) is 10.3. The molecule has 0 aliphatic rings. The highest BCUT2D eigenvalue weighted by atomic mass is 35.5. The van der Waals surface area contributed by atoms with Crippen molar-refractivity contribution in [3.63, 3.8) is 0 Å². The summed E-state index contributed by atoms with van der Waals surface area (Å²) in [5.74, 6) is 0.770. The van der Waals surface area contributed by atoms with E-state index in [1.807, 2.05) is 24.3 Å². The summed E-state index contributed by atoms with van der Waals surface area (Å²) in [4.78, 5) is 5.29. The van der Waals surface area contributed by atoms with Gasteiger partial charge in [0.15, 0.2) is 0 Å². The molecule has 0 aromatic carbocycles. The number of halogens is 2. The van der Waals surface area contributed by atoms with Crippen LogP contribution in [0.3, 0.4) is 0 Å². The number of hydrogen-bond donors (Lipinski definition) is 1. The summed E-state index contributed by atoms with van der Waals surface area (Å²) in [6.45, 7) is 0.713. The van der Waals surface area contributed by atoms with E-state index in [-0.39, 0.29) is 0 Å². The second-order valence-electron chi connectivity index (χ2n) is 2.90. The van der Waals surface area contributed by atoms with Crippen LogP contribution in [-0.2, 0) is 6.54 Å². The van der Waals surface area contributed by atoms with Crippen molar-refractivity contribution in [2.75, 3.05) is 5.32 Å². The molecule has 0 atom stereocenters. The zero-order valence-corrected chi connectivity index (χ0v) is 10.0. The molecule has 2 rings (SSSR count). The first-order valence-corrected chi connectivity index (χ1v) is 5.92. The largest absolute Gasteiger partial charge is 0.365 e. The van der Waals surface area contributed by atoms with Gasteiger partial charge in [0, 0.05) is 4.88 Å². The van der Waals surface area contributed by atoms with E-state index in [0.29, 0.717) is 11.7 Å². The number of nitrogens with zero attached hydrogens (tertiary/aromatic N) is 1. The van der Waals surface area contributed by atoms with Crippen LogP contribution in [0.5, 0.6) is 0 Å². The van der Waals surface area contributed by atoms with E-state index < -0.39 is 0 Å². The molecule has 2 aromatic heterocycles. The number of nitrogens with one attached hydrogen (secondary N) is 1. The quantitative estimate of drug-likeness (QED) is 0.840. The average Bonchev–Trinajstić information content (AvgIpc) is 2.62. The Hall–Kier alpha value is -0.770. The maximum Gasteiger partial charge on any atom is 0.131 e. The van der Waals surface area contributed by atoms with Gasteiger partial charge in [-0.05, 0) is 24.3 Å². The van der Waals surface area contributed by atoms with Crippen LogP contribution < -0.4 is 5.32 Å². The smallest absolute Gasteiger partial charge is 0.131 e. The molecule has 2 nitrogen and oxygen atoms in total. The lowest BCUT2D eigenvalue weighted by molar-refractivity contribution is 1.14. The van der Waals surface area contributed by atoms with E-state index in [2.05, 4.69) is 10.3 Å². The second kappa shape index (κ2) is 4.84. The van der Waals surface area contributed by atoms with Gasteiger partial charge in [0.2, 0.25) is 0 Å². The predicted molar refractivity (Wildman–Crippen MR) is 65.9 cm³/mol. The van der Waals surface area contributed by atoms with Crippen LogP contribution in [0.1, 0.15) is 4.88 Å². The molecule has 0 bridgehead atoms. The summed E-state index contributed by atoms with van der Waals surface area (Å²) in [7, 11) is 0. The summed E-state index contributed by atoms with van der Waals surface area (Å²) in [5.41, 5.74) is 0. The van der Waals surface area contributed by atoms with Gasteiger partial charge in [0.1, 0.15) is 11.0 Å². The number of aromatic nitrogens is 1. The lowest BCUT2D eigenvalue weighted by Crippen LogP contribution is -1.99. The molecule has 0 saturated heterocycles. The molecular weight excluding hydrogens is 251 g/mol. The number of anilines is 1. The number of pyridine rings is 1. The van der Waals surface area contributed by atoms with Crippen LogP contribution in [0.15, 0.2) is 30.3 Å². The fraction of sp³-hybridized carbons (Fsp3) is 0.100. The topological polar surface area (TPSA) is 24.9 Å². The highest BCUT2D eigenvalue weighted by Crippen LogP contribution is 2.22. The maximum atomic E-state index is 5.82. The third-order valence-electron chi connectivity index (χ3n) is 1.79. The van der Waals surface area contributed by atoms with Crippen LogP contribution in [0, 0.1) is 0 Å². The third-order valence-corrected chi connectivity index (χ3v) is 3.23. The highest BCUT2D eigenvalue weighted by molar-refractivity contribution is 7.16. The fourth-order valence-electron chi connectivity index (χ4n) is 1.13. The molecule has 5 heteroatoms. The van der Waals surface area contributed by atoms with Crippen molar-refractivity contribution in [1.82, 2.24) is 4.98 Å². The third kappa shape index (κ3) is 3.09. The molecule has 0 radical (unpaired) electrons. The fourth-order valence-corrected chi connectivity index (χ4v) is 2.32. The van der Waals surface area contributed by atoms with Crippen molar-refractivity contribution in [2.24, 2.45) is 0 Å². The molecule has 15 heavy (non-hydrogen) atoms. The SMILES string of the molecule is Clc1cccc(NCc2ccc(Cl)s2)n1.